The predicted octanol–water partition coefficient (Wildman–Crippen LogP) is 2.29. The smallest absolute Gasteiger partial charge is 0.239 e. The summed E-state index contributed by atoms with van der Waals surface area (Å²) >= 11 is 4.40. The summed E-state index contributed by atoms with van der Waals surface area (Å²) in [5.41, 5.74) is 0. The molecule has 0 aliphatic heterocycles. The molecular weight excluding hydrogens is 328 g/mol. The van der Waals surface area contributed by atoms with Crippen LogP contribution in [0.5, 0.6) is 0 Å². The average molecular weight is 344 g/mol. The Labute approximate surface area is 135 Å². The van der Waals surface area contributed by atoms with E-state index in [-0.39, 0.29) is 11.2 Å². The van der Waals surface area contributed by atoms with Crippen LogP contribution in [0, 0.1) is 0 Å². The molecule has 2 heterocycles. The van der Waals surface area contributed by atoms with Crippen LogP contribution in [-0.2, 0) is 11.8 Å². The van der Waals surface area contributed by atoms with E-state index in [1.54, 1.807) is 22.7 Å². The zero-order valence-electron chi connectivity index (χ0n) is 11.9. The minimum absolute atomic E-state index is 0.0882. The maximum Gasteiger partial charge on any atom is 0.239 e. The molecule has 0 unspecified atom stereocenters. The third-order valence-corrected chi connectivity index (χ3v) is 5.75. The highest BCUT2D eigenvalue weighted by atomic mass is 32.2. The second kappa shape index (κ2) is 7.76. The SMILES string of the molecule is CCSc1nnc(NC(=O)[C@H](CC)Sc2nncn2C)s1. The first-order chi connectivity index (χ1) is 10.1. The van der Waals surface area contributed by atoms with E-state index in [4.69, 9.17) is 0 Å². The molecule has 1 amide bonds. The lowest BCUT2D eigenvalue weighted by Crippen LogP contribution is -2.24. The summed E-state index contributed by atoms with van der Waals surface area (Å²) in [7, 11) is 1.85. The second-order valence-corrected chi connectivity index (χ2v) is 7.69. The first-order valence-electron chi connectivity index (χ1n) is 6.41. The van der Waals surface area contributed by atoms with Crippen LogP contribution in [0.4, 0.5) is 5.13 Å². The molecule has 21 heavy (non-hydrogen) atoms. The zero-order chi connectivity index (χ0) is 15.2. The number of anilines is 1. The number of carbonyl (C=O) groups is 1. The molecule has 1 atom stereocenters. The van der Waals surface area contributed by atoms with Crippen molar-refractivity contribution >= 4 is 45.9 Å². The quantitative estimate of drug-likeness (QED) is 0.609. The Morgan fingerprint density at radius 3 is 2.86 bits per heavy atom. The van der Waals surface area contributed by atoms with Crippen molar-refractivity contribution in [2.24, 2.45) is 7.05 Å². The molecule has 0 aliphatic carbocycles. The number of hydrogen-bond acceptors (Lipinski definition) is 8. The number of aryl methyl sites for hydroxylation is 1. The van der Waals surface area contributed by atoms with Crippen LogP contribution in [0.1, 0.15) is 20.3 Å². The van der Waals surface area contributed by atoms with Gasteiger partial charge in [0.2, 0.25) is 11.0 Å². The Morgan fingerprint density at radius 1 is 1.43 bits per heavy atom. The third-order valence-electron chi connectivity index (χ3n) is 2.49. The molecular formula is C11H16N6OS3. The number of carbonyl (C=O) groups excluding carboxylic acids is 1. The van der Waals surface area contributed by atoms with Gasteiger partial charge in [0.25, 0.3) is 0 Å². The fraction of sp³-hybridized carbons (Fsp3) is 0.545. The fourth-order valence-electron chi connectivity index (χ4n) is 1.46. The highest BCUT2D eigenvalue weighted by molar-refractivity contribution is 8.01. The maximum atomic E-state index is 12.3. The molecule has 0 fully saturated rings. The lowest BCUT2D eigenvalue weighted by atomic mass is 10.3. The van der Waals surface area contributed by atoms with Gasteiger partial charge in [-0.05, 0) is 12.2 Å². The van der Waals surface area contributed by atoms with E-state index < -0.39 is 0 Å². The summed E-state index contributed by atoms with van der Waals surface area (Å²) in [4.78, 5) is 12.3. The van der Waals surface area contributed by atoms with Crippen molar-refractivity contribution in [1.29, 1.82) is 0 Å². The second-order valence-electron chi connectivity index (χ2n) is 4.03. The summed E-state index contributed by atoms with van der Waals surface area (Å²) in [6.07, 6.45) is 2.31. The highest BCUT2D eigenvalue weighted by Gasteiger charge is 2.21. The molecule has 0 bridgehead atoms. The number of rotatable bonds is 7. The standard InChI is InChI=1S/C11H16N6OS3/c1-4-7(20-10-15-12-6-17(10)3)8(18)13-9-14-16-11(21-9)19-5-2/h6-7H,4-5H2,1-3H3,(H,13,14,18)/t7-/m0/s1. The molecule has 114 valence electrons. The van der Waals surface area contributed by atoms with Gasteiger partial charge in [-0.1, -0.05) is 48.7 Å². The van der Waals surface area contributed by atoms with Crippen LogP contribution in [0.15, 0.2) is 15.8 Å². The van der Waals surface area contributed by atoms with Gasteiger partial charge in [-0.3, -0.25) is 10.1 Å². The molecule has 0 spiro atoms. The number of thioether (sulfide) groups is 2. The molecule has 0 radical (unpaired) electrons. The van der Waals surface area contributed by atoms with Crippen LogP contribution in [0.2, 0.25) is 0 Å². The van der Waals surface area contributed by atoms with Crippen molar-refractivity contribution in [1.82, 2.24) is 25.0 Å². The van der Waals surface area contributed by atoms with Crippen molar-refractivity contribution in [2.75, 3.05) is 11.1 Å². The Morgan fingerprint density at radius 2 is 2.24 bits per heavy atom. The minimum atomic E-state index is -0.237. The molecule has 0 aliphatic rings. The van der Waals surface area contributed by atoms with Crippen LogP contribution in [-0.4, -0.2) is 41.9 Å². The predicted molar refractivity (Wildman–Crippen MR) is 85.9 cm³/mol. The van der Waals surface area contributed by atoms with Crippen molar-refractivity contribution in [3.05, 3.63) is 6.33 Å². The molecule has 2 aromatic rings. The van der Waals surface area contributed by atoms with E-state index >= 15 is 0 Å². The number of hydrogen-bond donors (Lipinski definition) is 1. The van der Waals surface area contributed by atoms with Gasteiger partial charge in [0, 0.05) is 7.05 Å². The van der Waals surface area contributed by atoms with E-state index in [0.29, 0.717) is 11.6 Å². The number of aromatic nitrogens is 5. The van der Waals surface area contributed by atoms with Gasteiger partial charge in [0.1, 0.15) is 6.33 Å². The molecule has 0 saturated carbocycles. The van der Waals surface area contributed by atoms with E-state index in [1.807, 2.05) is 14.0 Å². The van der Waals surface area contributed by atoms with Gasteiger partial charge >= 0.3 is 0 Å². The van der Waals surface area contributed by atoms with Crippen molar-refractivity contribution < 1.29 is 4.79 Å². The van der Waals surface area contributed by atoms with Gasteiger partial charge in [0.05, 0.1) is 5.25 Å². The van der Waals surface area contributed by atoms with Crippen molar-refractivity contribution in [3.8, 4) is 0 Å². The molecule has 10 heteroatoms. The van der Waals surface area contributed by atoms with Crippen molar-refractivity contribution in [2.45, 2.75) is 35.0 Å². The van der Waals surface area contributed by atoms with Crippen LogP contribution < -0.4 is 5.32 Å². The van der Waals surface area contributed by atoms with E-state index in [1.165, 1.54) is 23.1 Å². The van der Waals surface area contributed by atoms with Gasteiger partial charge < -0.3 is 4.57 Å². The number of nitrogens with one attached hydrogen (secondary N) is 1. The topological polar surface area (TPSA) is 85.6 Å². The van der Waals surface area contributed by atoms with Gasteiger partial charge in [0.15, 0.2) is 9.50 Å². The Kier molecular flexibility index (Phi) is 6.00. The van der Waals surface area contributed by atoms with E-state index in [2.05, 4.69) is 32.6 Å². The maximum absolute atomic E-state index is 12.3. The van der Waals surface area contributed by atoms with Crippen molar-refractivity contribution in [3.63, 3.8) is 0 Å². The lowest BCUT2D eigenvalue weighted by Gasteiger charge is -2.12. The first kappa shape index (κ1) is 16.2. The van der Waals surface area contributed by atoms with Crippen LogP contribution in [0.3, 0.4) is 0 Å². The summed E-state index contributed by atoms with van der Waals surface area (Å²) < 4.78 is 2.66. The molecule has 2 rings (SSSR count). The lowest BCUT2D eigenvalue weighted by molar-refractivity contribution is -0.115. The van der Waals surface area contributed by atoms with Gasteiger partial charge in [-0.15, -0.1) is 20.4 Å². The summed E-state index contributed by atoms with van der Waals surface area (Å²) in [5, 5.41) is 19.6. The number of amides is 1. The molecule has 7 nitrogen and oxygen atoms in total. The average Bonchev–Trinajstić information content (AvgIpc) is 3.06. The largest absolute Gasteiger partial charge is 0.312 e. The summed E-state index contributed by atoms with van der Waals surface area (Å²) in [5.74, 6) is 0.844. The first-order valence-corrected chi connectivity index (χ1v) is 9.10. The van der Waals surface area contributed by atoms with Crippen LogP contribution >= 0.6 is 34.9 Å². The zero-order valence-corrected chi connectivity index (χ0v) is 14.4. The normalized spacial score (nSPS) is 12.3. The molecule has 2 aromatic heterocycles. The Bertz CT molecular complexity index is 598. The molecule has 0 aromatic carbocycles. The molecule has 1 N–H and O–H groups in total. The summed E-state index contributed by atoms with van der Waals surface area (Å²) in [6.45, 7) is 4.01. The van der Waals surface area contributed by atoms with Gasteiger partial charge in [-0.2, -0.15) is 0 Å². The van der Waals surface area contributed by atoms with E-state index in [0.717, 1.165) is 15.2 Å². The van der Waals surface area contributed by atoms with E-state index in [9.17, 15) is 4.79 Å². The fourth-order valence-corrected chi connectivity index (χ4v) is 4.00. The monoisotopic (exact) mass is 344 g/mol. The van der Waals surface area contributed by atoms with Crippen LogP contribution in [0.25, 0.3) is 0 Å². The third kappa shape index (κ3) is 4.42. The Balaban J connectivity index is 1.97. The molecule has 0 saturated heterocycles. The Hall–Kier alpha value is -1.13. The summed E-state index contributed by atoms with van der Waals surface area (Å²) in [6, 6.07) is 0. The minimum Gasteiger partial charge on any atom is -0.312 e. The van der Waals surface area contributed by atoms with Gasteiger partial charge in [-0.25, -0.2) is 0 Å². The highest BCUT2D eigenvalue weighted by Crippen LogP contribution is 2.27. The number of nitrogens with zero attached hydrogens (tertiary/aromatic N) is 5.